The molecule has 132 heavy (non-hydrogen) atoms. The van der Waals surface area contributed by atoms with Crippen LogP contribution in [-0.2, 0) is 5.41 Å². The fourth-order valence-corrected chi connectivity index (χ4v) is 17.3. The molecule has 23 aromatic rings. The van der Waals surface area contributed by atoms with E-state index in [2.05, 4.69) is 242 Å². The van der Waals surface area contributed by atoms with Crippen LogP contribution in [0.25, 0.3) is 207 Å². The predicted octanol–water partition coefficient (Wildman–Crippen LogP) is 25.2. The quantitative estimate of drug-likeness (QED) is 0.0877. The van der Waals surface area contributed by atoms with Gasteiger partial charge in [0.05, 0.1) is 51.2 Å². The van der Waals surface area contributed by atoms with Gasteiger partial charge in [-0.2, -0.15) is 14.4 Å². The Balaban J connectivity index is 0.000000116. The Morgan fingerprint density at radius 1 is 0.182 bits per heavy atom. The molecular formula is C113H77N19. The lowest BCUT2D eigenvalue weighted by molar-refractivity contribution is 0.657. The lowest BCUT2D eigenvalue weighted by Crippen LogP contribution is -2.15. The van der Waals surface area contributed by atoms with Crippen LogP contribution < -0.4 is 0 Å². The average Bonchev–Trinajstić information content (AvgIpc) is 1.57. The summed E-state index contributed by atoms with van der Waals surface area (Å²) in [6.45, 7) is 4.57. The van der Waals surface area contributed by atoms with Crippen LogP contribution >= 0.6 is 0 Å². The summed E-state index contributed by atoms with van der Waals surface area (Å²) in [6, 6.07) is 117. The van der Waals surface area contributed by atoms with E-state index >= 15 is 0 Å². The number of aromatic nitrogens is 19. The van der Waals surface area contributed by atoms with Gasteiger partial charge < -0.3 is 0 Å². The third kappa shape index (κ3) is 15.8. The molecule has 624 valence electrons. The van der Waals surface area contributed by atoms with Gasteiger partial charge in [-0.1, -0.05) is 214 Å². The first-order valence-corrected chi connectivity index (χ1v) is 43.4. The van der Waals surface area contributed by atoms with E-state index in [1.165, 1.54) is 27.8 Å². The summed E-state index contributed by atoms with van der Waals surface area (Å²) in [4.78, 5) is 50.5. The van der Waals surface area contributed by atoms with Gasteiger partial charge in [-0.25, -0.2) is 9.97 Å². The molecule has 0 atom stereocenters. The molecule has 0 N–H and O–H groups in total. The Kier molecular flexibility index (Phi) is 21.2. The summed E-state index contributed by atoms with van der Waals surface area (Å²) in [5, 5.41) is 30.5. The third-order valence-electron chi connectivity index (χ3n) is 23.9. The van der Waals surface area contributed by atoms with Gasteiger partial charge >= 0.3 is 0 Å². The molecule has 0 spiro atoms. The molecule has 1 aliphatic rings. The molecule has 0 radical (unpaired) electrons. The number of hydrogen-bond donors (Lipinski definition) is 0. The van der Waals surface area contributed by atoms with Crippen LogP contribution in [0.5, 0.6) is 0 Å². The van der Waals surface area contributed by atoms with E-state index in [0.29, 0.717) is 0 Å². The highest BCUT2D eigenvalue weighted by atomic mass is 15.5. The molecule has 0 unspecified atom stereocenters. The summed E-state index contributed by atoms with van der Waals surface area (Å²) >= 11 is 0. The van der Waals surface area contributed by atoms with Crippen molar-refractivity contribution in [3.63, 3.8) is 0 Å². The zero-order chi connectivity index (χ0) is 88.3. The van der Waals surface area contributed by atoms with E-state index in [-0.39, 0.29) is 5.41 Å². The molecule has 0 bridgehead atoms. The van der Waals surface area contributed by atoms with E-state index in [1.807, 2.05) is 207 Å². The number of fused-ring (bicyclic) bond motifs is 6. The summed E-state index contributed by atoms with van der Waals surface area (Å²) in [5.41, 5.74) is 37.7. The fraction of sp³-hybridized carbons (Fsp3) is 0.0265. The van der Waals surface area contributed by atoms with Crippen molar-refractivity contribution in [2.75, 3.05) is 0 Å². The Morgan fingerprint density at radius 3 is 0.962 bits per heavy atom. The second kappa shape index (κ2) is 35.0. The van der Waals surface area contributed by atoms with Crippen LogP contribution in [-0.4, -0.2) is 94.8 Å². The van der Waals surface area contributed by atoms with Crippen molar-refractivity contribution in [1.29, 1.82) is 0 Å². The number of benzene rings is 10. The zero-order valence-corrected chi connectivity index (χ0v) is 71.5. The summed E-state index contributed by atoms with van der Waals surface area (Å²) in [7, 11) is 0. The van der Waals surface area contributed by atoms with E-state index in [1.54, 1.807) is 51.6 Å². The SMILES string of the molecule is CC1(C)c2ccccc2-c2ccc(-n3nc4c(-c5cncc(-c6cccnc6)c5)ccc(-c5cncc(-c6cccnc6)c5)c4n3)cc21.c1ccc(-c2ccc(-n3nc4c(-c5cccc(-c6cccnc6)c5)ccc(-c5cccc(-c6cccnc6)c5)c4n3)cc2)cc1.c1ccc(-n2nc3c(-c4cccc(-c5ccccn5)n4)ccc(-c4cccc(-c5ccccn5)n4)c3n2)cc1. The van der Waals surface area contributed by atoms with Crippen molar-refractivity contribution in [3.05, 3.63) is 444 Å². The topological polar surface area (TPSA) is 221 Å². The van der Waals surface area contributed by atoms with Crippen LogP contribution in [0.15, 0.2) is 433 Å². The van der Waals surface area contributed by atoms with Crippen LogP contribution in [0.3, 0.4) is 0 Å². The largest absolute Gasteiger partial charge is 0.264 e. The minimum Gasteiger partial charge on any atom is -0.264 e. The van der Waals surface area contributed by atoms with Crippen LogP contribution in [0, 0.1) is 0 Å². The molecule has 0 fully saturated rings. The highest BCUT2D eigenvalue weighted by Gasteiger charge is 2.36. The fourth-order valence-electron chi connectivity index (χ4n) is 17.3. The van der Waals surface area contributed by atoms with E-state index in [9.17, 15) is 0 Å². The van der Waals surface area contributed by atoms with Crippen LogP contribution in [0.2, 0.25) is 0 Å². The van der Waals surface area contributed by atoms with Gasteiger partial charge in [-0.05, 0) is 201 Å². The third-order valence-corrected chi connectivity index (χ3v) is 23.9. The number of hydrogen-bond acceptors (Lipinski definition) is 16. The minimum absolute atomic E-state index is 0.137. The minimum atomic E-state index is -0.137. The summed E-state index contributed by atoms with van der Waals surface area (Å²) in [6.07, 6.45) is 25.7. The van der Waals surface area contributed by atoms with Crippen molar-refractivity contribution >= 4 is 33.1 Å². The first-order chi connectivity index (χ1) is 65.2. The molecule has 10 aromatic carbocycles. The smallest absolute Gasteiger partial charge is 0.123 e. The summed E-state index contributed by atoms with van der Waals surface area (Å²) < 4.78 is 0. The Labute approximate surface area is 759 Å². The normalized spacial score (nSPS) is 11.8. The molecule has 0 aliphatic heterocycles. The lowest BCUT2D eigenvalue weighted by Gasteiger charge is -2.21. The van der Waals surface area contributed by atoms with Crippen molar-refractivity contribution in [1.82, 2.24) is 94.8 Å². The molecule has 13 heterocycles. The van der Waals surface area contributed by atoms with Gasteiger partial charge in [0.15, 0.2) is 0 Å². The molecule has 0 saturated carbocycles. The number of para-hydroxylation sites is 1. The van der Waals surface area contributed by atoms with Gasteiger partial charge in [0.2, 0.25) is 0 Å². The van der Waals surface area contributed by atoms with Crippen molar-refractivity contribution in [2.45, 2.75) is 19.3 Å². The first-order valence-electron chi connectivity index (χ1n) is 43.4. The van der Waals surface area contributed by atoms with Gasteiger partial charge in [0.25, 0.3) is 0 Å². The molecule has 19 nitrogen and oxygen atoms in total. The maximum absolute atomic E-state index is 5.19. The molecule has 19 heteroatoms. The predicted molar refractivity (Wildman–Crippen MR) is 523 cm³/mol. The van der Waals surface area contributed by atoms with Gasteiger partial charge in [0, 0.05) is 170 Å². The molecule has 0 saturated heterocycles. The van der Waals surface area contributed by atoms with E-state index in [4.69, 9.17) is 40.6 Å². The van der Waals surface area contributed by atoms with Crippen molar-refractivity contribution in [2.24, 2.45) is 0 Å². The maximum atomic E-state index is 5.19. The highest BCUT2D eigenvalue weighted by molar-refractivity contribution is 6.04. The lowest BCUT2D eigenvalue weighted by atomic mass is 9.82. The van der Waals surface area contributed by atoms with Crippen molar-refractivity contribution in [3.8, 4) is 174 Å². The highest BCUT2D eigenvalue weighted by Crippen LogP contribution is 2.50. The molecular weight excluding hydrogens is 1620 g/mol. The molecule has 1 aliphatic carbocycles. The first kappa shape index (κ1) is 79.8. The number of rotatable bonds is 16. The van der Waals surface area contributed by atoms with Gasteiger partial charge in [0.1, 0.15) is 33.1 Å². The average molecular weight is 1700 g/mol. The Bertz CT molecular complexity index is 7790. The van der Waals surface area contributed by atoms with Crippen LogP contribution in [0.4, 0.5) is 0 Å². The number of pyridine rings is 10. The van der Waals surface area contributed by atoms with E-state index < -0.39 is 0 Å². The van der Waals surface area contributed by atoms with Crippen molar-refractivity contribution < 1.29 is 0 Å². The van der Waals surface area contributed by atoms with E-state index in [0.717, 1.165) is 190 Å². The van der Waals surface area contributed by atoms with Gasteiger partial charge in [-0.3, -0.25) is 39.9 Å². The molecule has 0 amide bonds. The summed E-state index contributed by atoms with van der Waals surface area (Å²) in [5.74, 6) is 0. The zero-order valence-electron chi connectivity index (χ0n) is 71.5. The van der Waals surface area contributed by atoms with Gasteiger partial charge in [-0.15, -0.1) is 30.6 Å². The second-order valence-electron chi connectivity index (χ2n) is 32.5. The van der Waals surface area contributed by atoms with Crippen LogP contribution in [0.1, 0.15) is 25.0 Å². The Hall–Kier alpha value is -18.1. The maximum Gasteiger partial charge on any atom is 0.123 e. The second-order valence-corrected chi connectivity index (χ2v) is 32.5. The molecule has 13 aromatic heterocycles. The Morgan fingerprint density at radius 2 is 0.500 bits per heavy atom. The number of nitrogens with zero attached hydrogens (tertiary/aromatic N) is 19. The standard InChI is InChI=1S/C41H29N7.C40H27N5.C32H21N7/c1-41(2)37-10-4-3-9-35(37)36-12-11-32(19-38(36)41)48-46-39-33(30-17-28(22-44-24-30)26-7-5-15-42-20-26)13-14-34(40(39)47-48)31-18-29(23-45-25-31)27-8-6-16-43-21-27;1-2-8-28(9-3-1)29-16-18-36(19-17-29)45-43-39-37(32-12-4-10-30(24-32)34-14-6-22-41-26-34)20-21-38(40(39)44-45)33-13-5-11-31(25-33)35-15-7-23-42-27-35;1-2-10-22(11-3-1)39-37-31-23(25-14-8-16-29(35-25)27-12-4-6-20-33-27)18-19-24(32(31)38-39)26-15-9-17-30(36-26)28-13-5-7-21-34-28/h3-25H,1-2H3;1-27H;1-21H. The molecule has 24 rings (SSSR count). The monoisotopic (exact) mass is 1700 g/mol.